The summed E-state index contributed by atoms with van der Waals surface area (Å²) in [6.45, 7) is 0. The van der Waals surface area contributed by atoms with E-state index in [0.29, 0.717) is 0 Å². The number of fused-ring (bicyclic) bond motifs is 6. The first-order valence-corrected chi connectivity index (χ1v) is 31.7. The molecule has 0 saturated heterocycles. The van der Waals surface area contributed by atoms with E-state index in [1.807, 2.05) is 0 Å². The van der Waals surface area contributed by atoms with Crippen LogP contribution in [0.5, 0.6) is 0 Å². The summed E-state index contributed by atoms with van der Waals surface area (Å²) < 4.78 is 0. The summed E-state index contributed by atoms with van der Waals surface area (Å²) in [6.07, 6.45) is 0. The molecule has 17 aromatic carbocycles. The van der Waals surface area contributed by atoms with Crippen molar-refractivity contribution in [3.05, 3.63) is 364 Å². The SMILES string of the molecule is c1ccc(-c2cc(-c3c4ccc(N(c5ccccc5)c5ccccc5)cc4c(-c4ccc5ccccc5c4)c4ccc(N(c5ccccc5)c5ccccc5)cc34)cc(-c3ccc(-c4ccc5ccccc5c4)c4cccc(-c5ccc6ccccc6c5)c34)c2)cc1. The molecule has 0 aliphatic rings. The topological polar surface area (TPSA) is 6.48 Å². The molecule has 0 heterocycles. The Labute approximate surface area is 536 Å². The third-order valence-electron chi connectivity index (χ3n) is 18.5. The minimum absolute atomic E-state index is 1.06. The van der Waals surface area contributed by atoms with E-state index in [0.717, 1.165) is 94.6 Å². The lowest BCUT2D eigenvalue weighted by Crippen LogP contribution is -2.10. The fraction of sp³-hybridized carbons (Fsp3) is 0. The van der Waals surface area contributed by atoms with Gasteiger partial charge in [-0.15, -0.1) is 0 Å². The first-order valence-electron chi connectivity index (χ1n) is 31.7. The number of para-hydroxylation sites is 4. The zero-order valence-electron chi connectivity index (χ0n) is 50.5. The fourth-order valence-electron chi connectivity index (χ4n) is 14.2. The molecule has 0 spiro atoms. The molecule has 0 N–H and O–H groups in total. The Kier molecular flexibility index (Phi) is 13.6. The molecule has 0 atom stereocenters. The highest BCUT2D eigenvalue weighted by atomic mass is 15.1. The minimum Gasteiger partial charge on any atom is -0.310 e. The van der Waals surface area contributed by atoms with Gasteiger partial charge in [-0.2, -0.15) is 0 Å². The Balaban J connectivity index is 0.999. The molecule has 17 rings (SSSR count). The lowest BCUT2D eigenvalue weighted by Gasteiger charge is -2.28. The van der Waals surface area contributed by atoms with Gasteiger partial charge < -0.3 is 9.80 Å². The summed E-state index contributed by atoms with van der Waals surface area (Å²) in [7, 11) is 0. The van der Waals surface area contributed by atoms with Crippen molar-refractivity contribution in [3.8, 4) is 66.8 Å². The van der Waals surface area contributed by atoms with Crippen LogP contribution in [0.1, 0.15) is 0 Å². The number of rotatable bonds is 12. The van der Waals surface area contributed by atoms with Gasteiger partial charge in [-0.3, -0.25) is 0 Å². The van der Waals surface area contributed by atoms with Crippen LogP contribution < -0.4 is 9.80 Å². The molecule has 2 nitrogen and oxygen atoms in total. The van der Waals surface area contributed by atoms with Crippen LogP contribution in [0.25, 0.3) is 131 Å². The van der Waals surface area contributed by atoms with Crippen molar-refractivity contribution in [2.45, 2.75) is 0 Å². The lowest BCUT2D eigenvalue weighted by molar-refractivity contribution is 1.29. The average Bonchev–Trinajstić information content (AvgIpc) is 0.787. The summed E-state index contributed by atoms with van der Waals surface area (Å²) in [4.78, 5) is 4.79. The van der Waals surface area contributed by atoms with Gasteiger partial charge in [0.25, 0.3) is 0 Å². The monoisotopic (exact) mass is 1170 g/mol. The van der Waals surface area contributed by atoms with Crippen molar-refractivity contribution in [2.75, 3.05) is 9.80 Å². The molecule has 0 saturated carbocycles. The summed E-state index contributed by atoms with van der Waals surface area (Å²) in [5, 5.41) is 14.3. The Morgan fingerprint density at radius 3 is 1.01 bits per heavy atom. The highest BCUT2D eigenvalue weighted by molar-refractivity contribution is 6.24. The molecular weight excluding hydrogens is 1110 g/mol. The van der Waals surface area contributed by atoms with Crippen LogP contribution in [-0.2, 0) is 0 Å². The quantitative estimate of drug-likeness (QED) is 0.113. The molecule has 0 radical (unpaired) electrons. The molecule has 0 aromatic heterocycles. The van der Waals surface area contributed by atoms with Crippen molar-refractivity contribution in [1.82, 2.24) is 0 Å². The molecule has 17 aromatic rings. The van der Waals surface area contributed by atoms with E-state index < -0.39 is 0 Å². The molecule has 0 fully saturated rings. The zero-order chi connectivity index (χ0) is 60.9. The van der Waals surface area contributed by atoms with Crippen LogP contribution in [0, 0.1) is 0 Å². The zero-order valence-corrected chi connectivity index (χ0v) is 50.5. The molecule has 2 heteroatoms. The molecule has 0 unspecified atom stereocenters. The van der Waals surface area contributed by atoms with Crippen LogP contribution in [-0.4, -0.2) is 0 Å². The number of anilines is 6. The van der Waals surface area contributed by atoms with E-state index in [2.05, 4.69) is 374 Å². The van der Waals surface area contributed by atoms with Gasteiger partial charge in [0.2, 0.25) is 0 Å². The molecule has 92 heavy (non-hydrogen) atoms. The van der Waals surface area contributed by atoms with Gasteiger partial charge >= 0.3 is 0 Å². The standard InChI is InChI=1S/C90H60N2/c1-6-23-61(24-7-1)71-56-72(82-52-51-80(68-44-41-62-25-16-19-28-65(62)53-68)83-40-22-39-81(90(82)83)69-45-42-63-26-17-20-29-66(63)54-69)58-73(57-71)89-85-50-48-78(91(74-31-8-2-9-32-74)75-33-10-3-11-34-75)59-86(85)88(70-46-43-64-27-18-21-30-67(64)55-70)84-49-47-79(60-87(84)89)92(76-35-12-4-13-36-76)77-37-14-5-15-38-77/h1-60H. The maximum Gasteiger partial charge on any atom is 0.0468 e. The largest absolute Gasteiger partial charge is 0.310 e. The second kappa shape index (κ2) is 23.1. The van der Waals surface area contributed by atoms with Crippen LogP contribution in [0.2, 0.25) is 0 Å². The van der Waals surface area contributed by atoms with E-state index in [1.54, 1.807) is 0 Å². The highest BCUT2D eigenvalue weighted by Gasteiger charge is 2.25. The van der Waals surface area contributed by atoms with Crippen molar-refractivity contribution < 1.29 is 0 Å². The summed E-state index contributed by atoms with van der Waals surface area (Å²) in [5.41, 5.74) is 20.4. The van der Waals surface area contributed by atoms with Crippen molar-refractivity contribution in [2.24, 2.45) is 0 Å². The molecule has 0 bridgehead atoms. The summed E-state index contributed by atoms with van der Waals surface area (Å²) >= 11 is 0. The van der Waals surface area contributed by atoms with Gasteiger partial charge in [-0.25, -0.2) is 0 Å². The van der Waals surface area contributed by atoms with E-state index in [1.165, 1.54) is 70.9 Å². The number of hydrogen-bond donors (Lipinski definition) is 0. The third-order valence-corrected chi connectivity index (χ3v) is 18.5. The molecule has 0 aliphatic heterocycles. The van der Waals surface area contributed by atoms with Crippen LogP contribution in [0.3, 0.4) is 0 Å². The Hall–Kier alpha value is -12.1. The third kappa shape index (κ3) is 9.79. The second-order valence-electron chi connectivity index (χ2n) is 24.0. The maximum absolute atomic E-state index is 2.49. The second-order valence-corrected chi connectivity index (χ2v) is 24.0. The van der Waals surface area contributed by atoms with Crippen LogP contribution in [0.4, 0.5) is 34.1 Å². The molecule has 0 aliphatic carbocycles. The number of benzene rings is 17. The number of nitrogens with zero attached hydrogens (tertiary/aromatic N) is 2. The van der Waals surface area contributed by atoms with Crippen molar-refractivity contribution in [3.63, 3.8) is 0 Å². The van der Waals surface area contributed by atoms with Crippen molar-refractivity contribution >= 4 is 98.8 Å². The van der Waals surface area contributed by atoms with Gasteiger partial charge in [-0.05, 0) is 241 Å². The molecule has 430 valence electrons. The van der Waals surface area contributed by atoms with Crippen LogP contribution >= 0.6 is 0 Å². The van der Waals surface area contributed by atoms with E-state index in [9.17, 15) is 0 Å². The average molecular weight is 1170 g/mol. The fourth-order valence-corrected chi connectivity index (χ4v) is 14.2. The number of hydrogen-bond acceptors (Lipinski definition) is 2. The van der Waals surface area contributed by atoms with Gasteiger partial charge in [0.05, 0.1) is 0 Å². The minimum atomic E-state index is 1.06. The predicted octanol–water partition coefficient (Wildman–Crippen LogP) is 25.5. The molecular formula is C90H60N2. The van der Waals surface area contributed by atoms with Gasteiger partial charge in [-0.1, -0.05) is 255 Å². The Morgan fingerprint density at radius 1 is 0.152 bits per heavy atom. The van der Waals surface area contributed by atoms with Crippen molar-refractivity contribution in [1.29, 1.82) is 0 Å². The first kappa shape index (κ1) is 54.1. The Bertz CT molecular complexity index is 5550. The first-order chi connectivity index (χ1) is 45.6. The predicted molar refractivity (Wildman–Crippen MR) is 393 cm³/mol. The Morgan fingerprint density at radius 2 is 0.522 bits per heavy atom. The highest BCUT2D eigenvalue weighted by Crippen LogP contribution is 2.51. The van der Waals surface area contributed by atoms with Gasteiger partial charge in [0.15, 0.2) is 0 Å². The van der Waals surface area contributed by atoms with E-state index in [4.69, 9.17) is 0 Å². The van der Waals surface area contributed by atoms with Gasteiger partial charge in [0, 0.05) is 34.1 Å². The normalized spacial score (nSPS) is 11.5. The van der Waals surface area contributed by atoms with Gasteiger partial charge in [0.1, 0.15) is 0 Å². The summed E-state index contributed by atoms with van der Waals surface area (Å²) in [6, 6.07) is 135. The summed E-state index contributed by atoms with van der Waals surface area (Å²) in [5.74, 6) is 0. The van der Waals surface area contributed by atoms with E-state index in [-0.39, 0.29) is 0 Å². The smallest absolute Gasteiger partial charge is 0.0468 e. The van der Waals surface area contributed by atoms with E-state index >= 15 is 0 Å². The molecule has 0 amide bonds. The maximum atomic E-state index is 2.49. The van der Waals surface area contributed by atoms with Crippen LogP contribution in [0.15, 0.2) is 364 Å². The lowest BCUT2D eigenvalue weighted by atomic mass is 9.82.